The standard InChI is InChI=1S/C8H15NO5S/c1-8(2)5(3-6(8)10)9-15(13,14)4-7(11)12/h5-6,9-10H,3-4H2,1-2H3,(H,11,12). The predicted molar refractivity (Wildman–Crippen MR) is 52.8 cm³/mol. The second-order valence-electron chi connectivity index (χ2n) is 4.40. The Labute approximate surface area is 88.3 Å². The minimum absolute atomic E-state index is 0.325. The van der Waals surface area contributed by atoms with Crippen molar-refractivity contribution in [3.05, 3.63) is 0 Å². The molecule has 6 nitrogen and oxygen atoms in total. The number of hydrogen-bond acceptors (Lipinski definition) is 4. The molecular weight excluding hydrogens is 222 g/mol. The highest BCUT2D eigenvalue weighted by Crippen LogP contribution is 2.40. The van der Waals surface area contributed by atoms with Crippen LogP contribution in [-0.2, 0) is 14.8 Å². The Morgan fingerprint density at radius 3 is 2.40 bits per heavy atom. The van der Waals surface area contributed by atoms with Gasteiger partial charge in [0.1, 0.15) is 0 Å². The third kappa shape index (κ3) is 2.67. The third-order valence-electron chi connectivity index (χ3n) is 2.85. The highest BCUT2D eigenvalue weighted by molar-refractivity contribution is 7.90. The largest absolute Gasteiger partial charge is 0.480 e. The molecule has 0 aliphatic heterocycles. The molecule has 0 aromatic heterocycles. The van der Waals surface area contributed by atoms with E-state index in [1.165, 1.54) is 0 Å². The van der Waals surface area contributed by atoms with Crippen LogP contribution in [0.1, 0.15) is 20.3 Å². The van der Waals surface area contributed by atoms with Gasteiger partial charge in [-0.25, -0.2) is 13.1 Å². The van der Waals surface area contributed by atoms with Gasteiger partial charge in [-0.2, -0.15) is 0 Å². The Morgan fingerprint density at radius 2 is 2.07 bits per heavy atom. The maximum Gasteiger partial charge on any atom is 0.320 e. The molecule has 2 unspecified atom stereocenters. The van der Waals surface area contributed by atoms with Gasteiger partial charge in [-0.1, -0.05) is 13.8 Å². The van der Waals surface area contributed by atoms with Crippen LogP contribution >= 0.6 is 0 Å². The summed E-state index contributed by atoms with van der Waals surface area (Å²) >= 11 is 0. The molecule has 1 fully saturated rings. The number of carbonyl (C=O) groups is 1. The number of carboxylic acids is 1. The van der Waals surface area contributed by atoms with Gasteiger partial charge in [0.2, 0.25) is 10.0 Å². The molecule has 3 N–H and O–H groups in total. The van der Waals surface area contributed by atoms with Gasteiger partial charge in [0.05, 0.1) is 6.10 Å². The predicted octanol–water partition coefficient (Wildman–Crippen LogP) is -0.850. The van der Waals surface area contributed by atoms with Crippen molar-refractivity contribution in [1.29, 1.82) is 0 Å². The van der Waals surface area contributed by atoms with E-state index in [9.17, 15) is 18.3 Å². The molecule has 15 heavy (non-hydrogen) atoms. The molecule has 0 bridgehead atoms. The van der Waals surface area contributed by atoms with Crippen molar-refractivity contribution in [3.8, 4) is 0 Å². The SMILES string of the molecule is CC1(C)C(O)CC1NS(=O)(=O)CC(=O)O. The van der Waals surface area contributed by atoms with Crippen LogP contribution in [0.4, 0.5) is 0 Å². The Kier molecular flexibility index (Phi) is 3.09. The number of nitrogens with one attached hydrogen (secondary N) is 1. The van der Waals surface area contributed by atoms with Gasteiger partial charge in [-0.3, -0.25) is 4.79 Å². The lowest BCUT2D eigenvalue weighted by Crippen LogP contribution is -2.61. The molecule has 1 aliphatic carbocycles. The zero-order chi connectivity index (χ0) is 11.9. The van der Waals surface area contributed by atoms with Crippen molar-refractivity contribution in [1.82, 2.24) is 4.72 Å². The Bertz CT molecular complexity index is 361. The first kappa shape index (κ1) is 12.4. The lowest BCUT2D eigenvalue weighted by atomic mass is 9.65. The van der Waals surface area contributed by atoms with Crippen molar-refractivity contribution in [2.45, 2.75) is 32.4 Å². The van der Waals surface area contributed by atoms with Crippen LogP contribution in [-0.4, -0.2) is 42.5 Å². The molecular formula is C8H15NO5S. The summed E-state index contributed by atoms with van der Waals surface area (Å²) in [5, 5.41) is 17.7. The minimum atomic E-state index is -3.80. The van der Waals surface area contributed by atoms with Crippen LogP contribution in [0, 0.1) is 5.41 Å². The number of aliphatic hydroxyl groups is 1. The number of rotatable bonds is 4. The first-order chi connectivity index (χ1) is 6.65. The van der Waals surface area contributed by atoms with Gasteiger partial charge in [0.25, 0.3) is 0 Å². The molecule has 2 atom stereocenters. The normalized spacial score (nSPS) is 29.5. The third-order valence-corrected chi connectivity index (χ3v) is 4.12. The second-order valence-corrected chi connectivity index (χ2v) is 6.15. The molecule has 7 heteroatoms. The topological polar surface area (TPSA) is 104 Å². The van der Waals surface area contributed by atoms with Gasteiger partial charge in [0.15, 0.2) is 5.75 Å². The van der Waals surface area contributed by atoms with Gasteiger partial charge in [-0.05, 0) is 6.42 Å². The fourth-order valence-electron chi connectivity index (χ4n) is 1.52. The van der Waals surface area contributed by atoms with E-state index in [2.05, 4.69) is 4.72 Å². The maximum absolute atomic E-state index is 11.3. The number of carboxylic acid groups (broad SMARTS) is 1. The van der Waals surface area contributed by atoms with Gasteiger partial charge in [0, 0.05) is 11.5 Å². The van der Waals surface area contributed by atoms with Crippen molar-refractivity contribution in [2.24, 2.45) is 5.41 Å². The van der Waals surface area contributed by atoms with Crippen LogP contribution in [0.2, 0.25) is 0 Å². The van der Waals surface area contributed by atoms with E-state index in [1.54, 1.807) is 13.8 Å². The monoisotopic (exact) mass is 237 g/mol. The van der Waals surface area contributed by atoms with E-state index in [1.807, 2.05) is 0 Å². The van der Waals surface area contributed by atoms with Crippen molar-refractivity contribution < 1.29 is 23.4 Å². The summed E-state index contributed by atoms with van der Waals surface area (Å²) in [7, 11) is -3.80. The summed E-state index contributed by atoms with van der Waals surface area (Å²) in [6.07, 6.45) is -0.221. The summed E-state index contributed by atoms with van der Waals surface area (Å²) < 4.78 is 24.8. The van der Waals surface area contributed by atoms with Crippen LogP contribution in [0.25, 0.3) is 0 Å². The minimum Gasteiger partial charge on any atom is -0.480 e. The summed E-state index contributed by atoms with van der Waals surface area (Å²) in [4.78, 5) is 10.3. The smallest absolute Gasteiger partial charge is 0.320 e. The van der Waals surface area contributed by atoms with Crippen LogP contribution in [0.15, 0.2) is 0 Å². The molecule has 0 radical (unpaired) electrons. The summed E-state index contributed by atoms with van der Waals surface area (Å²) in [5.74, 6) is -2.32. The van der Waals surface area contributed by atoms with Gasteiger partial charge in [-0.15, -0.1) is 0 Å². The van der Waals surface area contributed by atoms with Gasteiger partial charge >= 0.3 is 5.97 Å². The van der Waals surface area contributed by atoms with Crippen molar-refractivity contribution >= 4 is 16.0 Å². The van der Waals surface area contributed by atoms with E-state index >= 15 is 0 Å². The Hall–Kier alpha value is -0.660. The molecule has 0 aromatic carbocycles. The molecule has 0 aromatic rings. The molecule has 1 rings (SSSR count). The lowest BCUT2D eigenvalue weighted by Gasteiger charge is -2.49. The molecule has 0 spiro atoms. The maximum atomic E-state index is 11.3. The average Bonchev–Trinajstić information content (AvgIpc) is 2.00. The highest BCUT2D eigenvalue weighted by atomic mass is 32.2. The van der Waals surface area contributed by atoms with E-state index in [0.29, 0.717) is 6.42 Å². The van der Waals surface area contributed by atoms with E-state index < -0.39 is 39.3 Å². The van der Waals surface area contributed by atoms with Crippen LogP contribution in [0.5, 0.6) is 0 Å². The van der Waals surface area contributed by atoms with Crippen molar-refractivity contribution in [2.75, 3.05) is 5.75 Å². The fraction of sp³-hybridized carbons (Fsp3) is 0.875. The lowest BCUT2D eigenvalue weighted by molar-refractivity contribution is -0.134. The molecule has 1 aliphatic rings. The molecule has 0 heterocycles. The number of sulfonamides is 1. The number of aliphatic hydroxyl groups excluding tert-OH is 1. The van der Waals surface area contributed by atoms with Crippen molar-refractivity contribution in [3.63, 3.8) is 0 Å². The molecule has 1 saturated carbocycles. The van der Waals surface area contributed by atoms with E-state index in [0.717, 1.165) is 0 Å². The number of aliphatic carboxylic acids is 1. The summed E-state index contributed by atoms with van der Waals surface area (Å²) in [5.41, 5.74) is -0.536. The zero-order valence-corrected chi connectivity index (χ0v) is 9.41. The number of hydrogen-bond donors (Lipinski definition) is 3. The first-order valence-electron chi connectivity index (χ1n) is 4.55. The highest BCUT2D eigenvalue weighted by Gasteiger charge is 2.48. The second kappa shape index (κ2) is 3.73. The van der Waals surface area contributed by atoms with Crippen LogP contribution < -0.4 is 4.72 Å². The average molecular weight is 237 g/mol. The first-order valence-corrected chi connectivity index (χ1v) is 6.20. The Balaban J connectivity index is 2.61. The Morgan fingerprint density at radius 1 is 1.53 bits per heavy atom. The molecule has 0 amide bonds. The summed E-state index contributed by atoms with van der Waals surface area (Å²) in [6.45, 7) is 3.46. The molecule has 0 saturated heterocycles. The van der Waals surface area contributed by atoms with Crippen LogP contribution in [0.3, 0.4) is 0 Å². The fourth-order valence-corrected chi connectivity index (χ4v) is 2.77. The van der Waals surface area contributed by atoms with E-state index in [4.69, 9.17) is 5.11 Å². The van der Waals surface area contributed by atoms with E-state index in [-0.39, 0.29) is 0 Å². The summed E-state index contributed by atoms with van der Waals surface area (Å²) in [6, 6.07) is -0.392. The molecule has 88 valence electrons. The zero-order valence-electron chi connectivity index (χ0n) is 8.60. The quantitative estimate of drug-likeness (QED) is 0.591. The van der Waals surface area contributed by atoms with Gasteiger partial charge < -0.3 is 10.2 Å².